The van der Waals surface area contributed by atoms with E-state index in [-0.39, 0.29) is 16.5 Å². The molecule has 2 unspecified atom stereocenters. The summed E-state index contributed by atoms with van der Waals surface area (Å²) in [6.45, 7) is 4.37. The Morgan fingerprint density at radius 1 is 1.22 bits per heavy atom. The summed E-state index contributed by atoms with van der Waals surface area (Å²) >= 11 is 3.37. The first kappa shape index (κ1) is 15.7. The molecule has 102 valence electrons. The molecule has 0 saturated carbocycles. The average molecular weight is 334 g/mol. The van der Waals surface area contributed by atoms with Gasteiger partial charge >= 0.3 is 0 Å². The zero-order chi connectivity index (χ0) is 13.8. The molecule has 5 heteroatoms. The van der Waals surface area contributed by atoms with Gasteiger partial charge in [-0.15, -0.1) is 0 Å². The summed E-state index contributed by atoms with van der Waals surface area (Å²) in [6.07, 6.45) is 0. The Kier molecular flexibility index (Phi) is 5.82. The minimum atomic E-state index is -3.20. The number of halogens is 1. The zero-order valence-electron chi connectivity index (χ0n) is 11.0. The van der Waals surface area contributed by atoms with Gasteiger partial charge in [-0.2, -0.15) is 0 Å². The summed E-state index contributed by atoms with van der Waals surface area (Å²) in [5, 5.41) is 0. The summed E-state index contributed by atoms with van der Waals surface area (Å²) in [5.74, 6) is 0.150. The second-order valence-corrected chi connectivity index (χ2v) is 8.34. The molecule has 0 radical (unpaired) electrons. The lowest BCUT2D eigenvalue weighted by Gasteiger charge is -2.21. The third-order valence-corrected chi connectivity index (χ3v) is 5.12. The molecule has 0 aliphatic heterocycles. The largest absolute Gasteiger partial charge is 0.214 e. The molecular formula is C13H20BrNO2S. The monoisotopic (exact) mass is 333 g/mol. The van der Waals surface area contributed by atoms with Gasteiger partial charge in [-0.3, -0.25) is 0 Å². The highest BCUT2D eigenvalue weighted by Crippen LogP contribution is 2.18. The van der Waals surface area contributed by atoms with Gasteiger partial charge in [0.15, 0.2) is 0 Å². The average Bonchev–Trinajstić information content (AvgIpc) is 2.28. The molecule has 1 rings (SSSR count). The van der Waals surface area contributed by atoms with Crippen LogP contribution in [0.5, 0.6) is 0 Å². The first-order valence-electron chi connectivity index (χ1n) is 5.96. The normalized spacial score (nSPS) is 15.6. The Hall–Kier alpha value is -0.390. The molecule has 2 atom stereocenters. The van der Waals surface area contributed by atoms with Gasteiger partial charge in [0, 0.05) is 18.4 Å². The number of hydrogen-bond acceptors (Lipinski definition) is 2. The van der Waals surface area contributed by atoms with Crippen LogP contribution in [0.15, 0.2) is 30.3 Å². The van der Waals surface area contributed by atoms with Crippen molar-refractivity contribution in [1.82, 2.24) is 4.31 Å². The first-order chi connectivity index (χ1) is 8.33. The van der Waals surface area contributed by atoms with E-state index in [4.69, 9.17) is 0 Å². The van der Waals surface area contributed by atoms with Crippen molar-refractivity contribution in [1.29, 1.82) is 0 Å². The van der Waals surface area contributed by atoms with Crippen molar-refractivity contribution in [2.24, 2.45) is 0 Å². The molecule has 0 spiro atoms. The summed E-state index contributed by atoms with van der Waals surface area (Å²) in [4.78, 5) is 0.157. The lowest BCUT2D eigenvalue weighted by molar-refractivity contribution is 0.470. The molecule has 0 N–H and O–H groups in total. The van der Waals surface area contributed by atoms with Crippen LogP contribution in [0.4, 0.5) is 0 Å². The Morgan fingerprint density at radius 3 is 2.28 bits per heavy atom. The number of rotatable bonds is 6. The van der Waals surface area contributed by atoms with E-state index < -0.39 is 10.0 Å². The molecule has 1 aromatic carbocycles. The molecule has 0 aliphatic carbocycles. The molecule has 3 nitrogen and oxygen atoms in total. The summed E-state index contributed by atoms with van der Waals surface area (Å²) in [7, 11) is -1.57. The minimum Gasteiger partial charge on any atom is -0.212 e. The number of alkyl halides is 1. The van der Waals surface area contributed by atoms with E-state index in [2.05, 4.69) is 15.9 Å². The Morgan fingerprint density at radius 2 is 1.78 bits per heavy atom. The van der Waals surface area contributed by atoms with Gasteiger partial charge in [0.05, 0.1) is 5.75 Å². The van der Waals surface area contributed by atoms with Gasteiger partial charge in [0.1, 0.15) is 0 Å². The van der Waals surface area contributed by atoms with E-state index in [0.29, 0.717) is 6.54 Å². The molecule has 0 bridgehead atoms. The van der Waals surface area contributed by atoms with Gasteiger partial charge in [-0.05, 0) is 11.5 Å². The van der Waals surface area contributed by atoms with Gasteiger partial charge in [-0.25, -0.2) is 12.7 Å². The Bertz CT molecular complexity index is 459. The SMILES string of the molecule is CC(Br)CN(C)S(=O)(=O)CC(C)c1ccccc1. The van der Waals surface area contributed by atoms with E-state index >= 15 is 0 Å². The number of nitrogens with zero attached hydrogens (tertiary/aromatic N) is 1. The third kappa shape index (κ3) is 4.71. The van der Waals surface area contributed by atoms with Crippen LogP contribution in [0.3, 0.4) is 0 Å². The minimum absolute atomic E-state index is 0.00396. The van der Waals surface area contributed by atoms with Crippen molar-refractivity contribution in [2.45, 2.75) is 24.6 Å². The lowest BCUT2D eigenvalue weighted by atomic mass is 10.0. The van der Waals surface area contributed by atoms with Crippen LogP contribution in [0, 0.1) is 0 Å². The quantitative estimate of drug-likeness (QED) is 0.750. The number of hydrogen-bond donors (Lipinski definition) is 0. The topological polar surface area (TPSA) is 37.4 Å². The molecule has 0 saturated heterocycles. The van der Waals surface area contributed by atoms with Crippen LogP contribution in [-0.2, 0) is 10.0 Å². The van der Waals surface area contributed by atoms with Crippen molar-refractivity contribution < 1.29 is 8.42 Å². The van der Waals surface area contributed by atoms with Gasteiger partial charge in [0.2, 0.25) is 10.0 Å². The highest BCUT2D eigenvalue weighted by Gasteiger charge is 2.22. The molecule has 0 amide bonds. The smallest absolute Gasteiger partial charge is 0.212 e. The predicted octanol–water partition coefficient (Wildman–Crippen LogP) is 2.84. The maximum Gasteiger partial charge on any atom is 0.214 e. The Balaban J connectivity index is 2.71. The highest BCUT2D eigenvalue weighted by molar-refractivity contribution is 9.09. The fraction of sp³-hybridized carbons (Fsp3) is 0.538. The second kappa shape index (κ2) is 6.68. The molecule has 0 heterocycles. The van der Waals surface area contributed by atoms with Crippen molar-refractivity contribution in [3.63, 3.8) is 0 Å². The van der Waals surface area contributed by atoms with Crippen LogP contribution in [0.2, 0.25) is 0 Å². The van der Waals surface area contributed by atoms with Crippen LogP contribution in [-0.4, -0.2) is 36.9 Å². The van der Waals surface area contributed by atoms with Gasteiger partial charge < -0.3 is 0 Å². The van der Waals surface area contributed by atoms with E-state index in [1.807, 2.05) is 44.2 Å². The second-order valence-electron chi connectivity index (χ2n) is 4.65. The predicted molar refractivity (Wildman–Crippen MR) is 79.7 cm³/mol. The molecule has 0 aromatic heterocycles. The van der Waals surface area contributed by atoms with Crippen LogP contribution < -0.4 is 0 Å². The molecule has 1 aromatic rings. The fourth-order valence-electron chi connectivity index (χ4n) is 1.79. The van der Waals surface area contributed by atoms with Crippen LogP contribution in [0.25, 0.3) is 0 Å². The molecule has 0 fully saturated rings. The summed E-state index contributed by atoms with van der Waals surface area (Å²) in [5.41, 5.74) is 1.06. The van der Waals surface area contributed by atoms with Crippen LogP contribution in [0.1, 0.15) is 25.3 Å². The number of sulfonamides is 1. The van der Waals surface area contributed by atoms with Crippen molar-refractivity contribution in [2.75, 3.05) is 19.3 Å². The standard InChI is InChI=1S/C13H20BrNO2S/c1-11(13-7-5-4-6-8-13)10-18(16,17)15(3)9-12(2)14/h4-8,11-12H,9-10H2,1-3H3. The van der Waals surface area contributed by atoms with Gasteiger partial charge in [-0.1, -0.05) is 60.1 Å². The molecular weight excluding hydrogens is 314 g/mol. The van der Waals surface area contributed by atoms with Crippen molar-refractivity contribution in [3.05, 3.63) is 35.9 Å². The first-order valence-corrected chi connectivity index (χ1v) is 8.48. The maximum absolute atomic E-state index is 12.2. The van der Waals surface area contributed by atoms with E-state index in [1.54, 1.807) is 7.05 Å². The van der Waals surface area contributed by atoms with E-state index in [1.165, 1.54) is 4.31 Å². The van der Waals surface area contributed by atoms with E-state index in [9.17, 15) is 8.42 Å². The number of benzene rings is 1. The molecule has 18 heavy (non-hydrogen) atoms. The lowest BCUT2D eigenvalue weighted by Crippen LogP contribution is -2.34. The van der Waals surface area contributed by atoms with Crippen LogP contribution >= 0.6 is 15.9 Å². The third-order valence-electron chi connectivity index (χ3n) is 2.81. The summed E-state index contributed by atoms with van der Waals surface area (Å²) < 4.78 is 25.7. The van der Waals surface area contributed by atoms with Crippen molar-refractivity contribution in [3.8, 4) is 0 Å². The van der Waals surface area contributed by atoms with Crippen molar-refractivity contribution >= 4 is 26.0 Å². The fourth-order valence-corrected chi connectivity index (χ4v) is 3.94. The highest BCUT2D eigenvalue weighted by atomic mass is 79.9. The summed E-state index contributed by atoms with van der Waals surface area (Å²) in [6, 6.07) is 9.73. The van der Waals surface area contributed by atoms with Gasteiger partial charge in [0.25, 0.3) is 0 Å². The maximum atomic E-state index is 12.2. The molecule has 0 aliphatic rings. The zero-order valence-corrected chi connectivity index (χ0v) is 13.4. The Labute approximate surface area is 118 Å². The van der Waals surface area contributed by atoms with E-state index in [0.717, 1.165) is 5.56 Å².